The lowest BCUT2D eigenvalue weighted by molar-refractivity contribution is -0.140. The molecule has 11 rings (SSSR count). The highest BCUT2D eigenvalue weighted by atomic mass is 16.5. The maximum absolute atomic E-state index is 12.7. The number of pyridine rings is 2. The summed E-state index contributed by atoms with van der Waals surface area (Å²) < 4.78 is 44.1. The van der Waals surface area contributed by atoms with E-state index < -0.39 is 25.2 Å². The van der Waals surface area contributed by atoms with Gasteiger partial charge in [-0.25, -0.2) is 9.59 Å². The number of nitrogens with zero attached hydrogens (tertiary/aromatic N) is 2. The molecule has 7 heterocycles. The van der Waals surface area contributed by atoms with Gasteiger partial charge in [0.1, 0.15) is 34.5 Å². The highest BCUT2D eigenvalue weighted by molar-refractivity contribution is 5.87. The van der Waals surface area contributed by atoms with E-state index in [1.54, 1.807) is 0 Å². The van der Waals surface area contributed by atoms with Crippen molar-refractivity contribution in [2.75, 3.05) is 13.2 Å². The van der Waals surface area contributed by atoms with Gasteiger partial charge >= 0.3 is 11.9 Å². The number of aliphatic carboxylic acids is 2. The number of hydrogen-bond donors (Lipinski definition) is 2. The molecule has 432 valence electrons. The van der Waals surface area contributed by atoms with Gasteiger partial charge < -0.3 is 38.6 Å². The van der Waals surface area contributed by atoms with Crippen LogP contribution in [0.15, 0.2) is 73.3 Å². The van der Waals surface area contributed by atoms with Crippen molar-refractivity contribution in [3.8, 4) is 79.7 Å². The van der Waals surface area contributed by atoms with E-state index >= 15 is 0 Å². The van der Waals surface area contributed by atoms with Gasteiger partial charge in [-0.2, -0.15) is 0 Å². The number of carboxylic acids is 2. The van der Waals surface area contributed by atoms with Gasteiger partial charge in [-0.05, 0) is 85.3 Å². The molecule has 2 N–H and O–H groups in total. The summed E-state index contributed by atoms with van der Waals surface area (Å²) >= 11 is 0. The summed E-state index contributed by atoms with van der Waals surface area (Å²) in [5.74, 6) is 2.78. The fourth-order valence-electron chi connectivity index (χ4n) is 13.9. The lowest BCUT2D eigenvalue weighted by Crippen LogP contribution is -2.25. The maximum atomic E-state index is 12.7. The zero-order chi connectivity index (χ0) is 56.7. The van der Waals surface area contributed by atoms with Crippen LogP contribution < -0.4 is 28.4 Å². The van der Waals surface area contributed by atoms with E-state index in [9.17, 15) is 19.8 Å². The lowest BCUT2D eigenvalue weighted by atomic mass is 9.71. The molecule has 0 spiro atoms. The lowest BCUT2D eigenvalue weighted by Gasteiger charge is -2.43. The summed E-state index contributed by atoms with van der Waals surface area (Å²) in [6, 6.07) is 16.6. The number of ether oxygens (including phenoxy) is 6. The minimum atomic E-state index is -1.08. The first-order valence-electron chi connectivity index (χ1n) is 31.3. The largest absolute Gasteiger partial charge is 0.479 e. The van der Waals surface area contributed by atoms with Crippen molar-refractivity contribution in [3.05, 3.63) is 118 Å². The Balaban J connectivity index is 1.28. The highest BCUT2D eigenvalue weighted by Gasteiger charge is 2.49. The van der Waals surface area contributed by atoms with Gasteiger partial charge in [-0.3, -0.25) is 9.97 Å². The van der Waals surface area contributed by atoms with Crippen LogP contribution in [0.25, 0.3) is 22.3 Å². The minimum absolute atomic E-state index is 0.190. The van der Waals surface area contributed by atoms with Crippen molar-refractivity contribution >= 4 is 11.9 Å². The number of unbranched alkanes of at least 4 members (excludes halogenated alkanes) is 16. The molecule has 0 amide bonds. The quantitative estimate of drug-likeness (QED) is 0.0386. The Kier molecular flexibility index (Phi) is 18.0. The number of aromatic nitrogens is 2. The first-order valence-corrected chi connectivity index (χ1v) is 31.3. The third kappa shape index (κ3) is 11.3. The van der Waals surface area contributed by atoms with Crippen LogP contribution in [0.3, 0.4) is 0 Å². The number of benzene rings is 4. The van der Waals surface area contributed by atoms with Crippen LogP contribution in [-0.4, -0.2) is 45.3 Å². The van der Waals surface area contributed by atoms with Gasteiger partial charge in [0.25, 0.3) is 0 Å². The SMILES string of the molecule is CCCCCCCC1c2cc(OCC(=O)O)c3c4c2Oc2c1cc(-c1ccncc1)c1c2C(CCCCCCC)c2c(c(OCC(=O)O)cc5c2Oc2c(cc(-c6ccncc6)c(c2C4CCCCCCC)O3)C5CCCCCCC)O1. The average Bonchev–Trinajstić information content (AvgIpc) is 1.64. The molecule has 5 aliphatic heterocycles. The number of rotatable bonds is 32. The average molecular weight is 1110 g/mol. The molecule has 4 atom stereocenters. The second-order valence-electron chi connectivity index (χ2n) is 23.5. The number of carbonyl (C=O) groups is 2. The topological polar surface area (TPSA) is 156 Å². The zero-order valence-corrected chi connectivity index (χ0v) is 48.7. The summed E-state index contributed by atoms with van der Waals surface area (Å²) in [5.41, 5.74) is 11.2. The Hall–Kier alpha value is -7.08. The Morgan fingerprint density at radius 3 is 1.01 bits per heavy atom. The smallest absolute Gasteiger partial charge is 0.341 e. The van der Waals surface area contributed by atoms with E-state index in [1.165, 1.54) is 0 Å². The summed E-state index contributed by atoms with van der Waals surface area (Å²) in [4.78, 5) is 34.3. The molecule has 5 aliphatic rings. The Labute approximate surface area is 484 Å². The van der Waals surface area contributed by atoms with E-state index in [2.05, 4.69) is 49.8 Å². The van der Waals surface area contributed by atoms with Crippen molar-refractivity contribution < 1.29 is 48.2 Å². The van der Waals surface area contributed by atoms with Gasteiger partial charge in [0.2, 0.25) is 0 Å². The molecule has 82 heavy (non-hydrogen) atoms. The van der Waals surface area contributed by atoms with Crippen molar-refractivity contribution in [1.82, 2.24) is 9.97 Å². The van der Waals surface area contributed by atoms with Crippen LogP contribution in [0, 0.1) is 0 Å². The van der Waals surface area contributed by atoms with E-state index in [-0.39, 0.29) is 23.7 Å². The fourth-order valence-corrected chi connectivity index (χ4v) is 13.9. The summed E-state index contributed by atoms with van der Waals surface area (Å²) in [7, 11) is 0. The summed E-state index contributed by atoms with van der Waals surface area (Å²) in [6.45, 7) is 7.88. The van der Waals surface area contributed by atoms with E-state index in [4.69, 9.17) is 28.4 Å². The van der Waals surface area contributed by atoms with Crippen LogP contribution in [0.4, 0.5) is 0 Å². The number of carboxylic acid groups (broad SMARTS) is 2. The van der Waals surface area contributed by atoms with Gasteiger partial charge in [-0.1, -0.05) is 156 Å². The maximum Gasteiger partial charge on any atom is 0.341 e. The molecular formula is C70H82N2O10. The predicted molar refractivity (Wildman–Crippen MR) is 320 cm³/mol. The van der Waals surface area contributed by atoms with Crippen LogP contribution >= 0.6 is 0 Å². The molecule has 4 unspecified atom stereocenters. The van der Waals surface area contributed by atoms with Crippen LogP contribution in [-0.2, 0) is 9.59 Å². The van der Waals surface area contributed by atoms with Gasteiger partial charge in [0, 0.05) is 104 Å². The van der Waals surface area contributed by atoms with Gasteiger partial charge in [0.15, 0.2) is 36.2 Å². The van der Waals surface area contributed by atoms with Crippen molar-refractivity contribution in [2.24, 2.45) is 0 Å². The van der Waals surface area contributed by atoms with Crippen molar-refractivity contribution in [3.63, 3.8) is 0 Å². The van der Waals surface area contributed by atoms with E-state index in [0.29, 0.717) is 34.5 Å². The van der Waals surface area contributed by atoms with Crippen LogP contribution in [0.1, 0.15) is 250 Å². The van der Waals surface area contributed by atoms with E-state index in [1.807, 2.05) is 61.2 Å². The molecule has 0 aliphatic carbocycles. The van der Waals surface area contributed by atoms with Crippen LogP contribution in [0.5, 0.6) is 57.5 Å². The molecule has 0 saturated carbocycles. The monoisotopic (exact) mass is 1110 g/mol. The zero-order valence-electron chi connectivity index (χ0n) is 48.7. The second-order valence-corrected chi connectivity index (χ2v) is 23.5. The minimum Gasteiger partial charge on any atom is -0.479 e. The molecule has 0 fully saturated rings. The molecular weight excluding hydrogens is 1030 g/mol. The van der Waals surface area contributed by atoms with Crippen LogP contribution in [0.2, 0.25) is 0 Å². The molecule has 8 bridgehead atoms. The molecule has 2 aromatic heterocycles. The Bertz CT molecular complexity index is 3050. The molecule has 12 heteroatoms. The molecule has 12 nitrogen and oxygen atoms in total. The highest BCUT2D eigenvalue weighted by Crippen LogP contribution is 2.70. The first kappa shape index (κ1) is 56.8. The molecule has 4 aromatic carbocycles. The normalized spacial score (nSPS) is 16.9. The molecule has 0 radical (unpaired) electrons. The molecule has 0 saturated heterocycles. The van der Waals surface area contributed by atoms with Crippen molar-refractivity contribution in [1.29, 1.82) is 0 Å². The summed E-state index contributed by atoms with van der Waals surface area (Å²) in [6.07, 6.45) is 31.8. The summed E-state index contributed by atoms with van der Waals surface area (Å²) in [5, 5.41) is 20.7. The Morgan fingerprint density at radius 2 is 0.683 bits per heavy atom. The van der Waals surface area contributed by atoms with E-state index in [0.717, 1.165) is 244 Å². The van der Waals surface area contributed by atoms with Gasteiger partial charge in [0.05, 0.1) is 0 Å². The second kappa shape index (κ2) is 26.0. The third-order valence-electron chi connectivity index (χ3n) is 17.9. The third-order valence-corrected chi connectivity index (χ3v) is 17.9. The van der Waals surface area contributed by atoms with Gasteiger partial charge in [-0.15, -0.1) is 0 Å². The first-order chi connectivity index (χ1) is 40.2. The predicted octanol–water partition coefficient (Wildman–Crippen LogP) is 19.4. The molecule has 6 aromatic rings. The fraction of sp³-hybridized carbons (Fsp3) is 0.486. The van der Waals surface area contributed by atoms with Crippen molar-refractivity contribution in [2.45, 2.75) is 205 Å². The Morgan fingerprint density at radius 1 is 0.390 bits per heavy atom. The number of hydrogen-bond acceptors (Lipinski definition) is 10. The standard InChI is InChI=1S/C70H82N2O10/c1-5-9-13-17-21-25-45-51-37-49(43-29-33-71-34-30-43)63-59-47(27-23-19-15-11-7-3)62-68-54(40-56(70(62)81-63)78-42-58(75)76)46(26-22-18-14-10-6-2)52-38-50(44-31-35-72-36-32-44)64-60(66(52)80-68)48(28-24-20-16-12-8-4)61-67(79-65(51)59)53(45)39-55(69(61)82-64)77-41-57(73)74/h29-40,45-48H,5-28,41-42H2,1-4H3,(H,73,74)(H,75,76).